The molecule has 3 heterocycles. The monoisotopic (exact) mass is 536 g/mol. The van der Waals surface area contributed by atoms with Crippen molar-refractivity contribution >= 4 is 29.0 Å². The van der Waals surface area contributed by atoms with Crippen molar-refractivity contribution in [1.29, 1.82) is 0 Å². The molecule has 0 radical (unpaired) electrons. The van der Waals surface area contributed by atoms with Crippen molar-refractivity contribution in [2.24, 2.45) is 0 Å². The molecule has 10 heteroatoms. The number of aromatic carboxylic acids is 1. The third-order valence-electron chi connectivity index (χ3n) is 7.07. The van der Waals surface area contributed by atoms with Gasteiger partial charge in [-0.2, -0.15) is 0 Å². The first-order valence-corrected chi connectivity index (χ1v) is 12.7. The highest BCUT2D eigenvalue weighted by molar-refractivity contribution is 6.15. The third-order valence-corrected chi connectivity index (χ3v) is 7.07. The number of aliphatic hydroxyl groups excluding tert-OH is 1. The summed E-state index contributed by atoms with van der Waals surface area (Å²) >= 11 is 0. The number of nitrogens with zero attached hydrogens (tertiary/aromatic N) is 2. The lowest BCUT2D eigenvalue weighted by atomic mass is 9.81. The minimum absolute atomic E-state index is 0.0597. The van der Waals surface area contributed by atoms with Gasteiger partial charge in [-0.05, 0) is 61.0 Å². The van der Waals surface area contributed by atoms with Crippen LogP contribution in [0.3, 0.4) is 0 Å². The zero-order valence-corrected chi connectivity index (χ0v) is 21.3. The van der Waals surface area contributed by atoms with Crippen molar-refractivity contribution < 1.29 is 29.3 Å². The maximum absolute atomic E-state index is 12.5. The Kier molecular flexibility index (Phi) is 6.25. The van der Waals surface area contributed by atoms with Crippen LogP contribution in [0.4, 0.5) is 11.4 Å². The molecule has 0 spiro atoms. The molecule has 2 unspecified atom stereocenters. The highest BCUT2D eigenvalue weighted by Gasteiger charge is 2.39. The summed E-state index contributed by atoms with van der Waals surface area (Å²) in [5.41, 5.74) is 10.9. The number of carboxylic acid groups (broad SMARTS) is 1. The number of fused-ring (bicyclic) bond motifs is 3. The number of aromatic nitrogens is 1. The number of carbonyl (C=O) groups is 3. The molecule has 0 saturated carbocycles. The van der Waals surface area contributed by atoms with E-state index in [1.165, 1.54) is 11.0 Å². The highest BCUT2D eigenvalue weighted by atomic mass is 16.5. The number of amides is 1. The van der Waals surface area contributed by atoms with Crippen molar-refractivity contribution in [2.75, 3.05) is 16.9 Å². The van der Waals surface area contributed by atoms with Gasteiger partial charge in [0.05, 0.1) is 29.5 Å². The van der Waals surface area contributed by atoms with E-state index in [-0.39, 0.29) is 23.3 Å². The van der Waals surface area contributed by atoms with Gasteiger partial charge in [0.2, 0.25) is 0 Å². The predicted molar refractivity (Wildman–Crippen MR) is 145 cm³/mol. The molecule has 1 amide bonds. The topological polar surface area (TPSA) is 141 Å². The van der Waals surface area contributed by atoms with Gasteiger partial charge in [0.1, 0.15) is 11.4 Å². The minimum atomic E-state index is -1.04. The molecule has 1 aliphatic carbocycles. The molecule has 2 atom stereocenters. The maximum atomic E-state index is 12.5. The number of hydrogen-bond acceptors (Lipinski definition) is 8. The number of aliphatic hydroxyl groups is 1. The van der Waals surface area contributed by atoms with Crippen LogP contribution in [0, 0.1) is 0 Å². The highest BCUT2D eigenvalue weighted by Crippen LogP contribution is 2.43. The van der Waals surface area contributed by atoms with Gasteiger partial charge in [0.25, 0.3) is 5.91 Å². The number of rotatable bonds is 4. The number of nitrogens with one attached hydrogen (secondary N) is 2. The summed E-state index contributed by atoms with van der Waals surface area (Å²) in [6, 6.07) is 20.7. The molecular formula is C30H24N4O6. The third kappa shape index (κ3) is 3.98. The number of hydrazine groups is 1. The van der Waals surface area contributed by atoms with Gasteiger partial charge >= 0.3 is 5.97 Å². The van der Waals surface area contributed by atoms with Crippen LogP contribution in [-0.2, 0) is 0 Å². The fourth-order valence-corrected chi connectivity index (χ4v) is 5.28. The number of anilines is 2. The average Bonchev–Trinajstić information content (AvgIpc) is 3.52. The van der Waals surface area contributed by atoms with Crippen LogP contribution in [0.1, 0.15) is 72.7 Å². The molecule has 200 valence electrons. The van der Waals surface area contributed by atoms with E-state index in [4.69, 9.17) is 4.74 Å². The molecule has 7 rings (SSSR count). The quantitative estimate of drug-likeness (QED) is 0.304. The molecule has 3 aliphatic rings. The Labute approximate surface area is 228 Å². The molecule has 0 bridgehead atoms. The molecule has 4 aromatic rings. The maximum Gasteiger partial charge on any atom is 0.337 e. The summed E-state index contributed by atoms with van der Waals surface area (Å²) in [6.07, 6.45) is 0.522. The Morgan fingerprint density at radius 2 is 1.73 bits per heavy atom. The fraction of sp³-hybridized carbons (Fsp3) is 0.133. The predicted octanol–water partition coefficient (Wildman–Crippen LogP) is 4.08. The number of ether oxygens (including phenoxy) is 1. The van der Waals surface area contributed by atoms with Crippen molar-refractivity contribution in [3.8, 4) is 5.75 Å². The summed E-state index contributed by atoms with van der Waals surface area (Å²) in [4.78, 5) is 41.5. The summed E-state index contributed by atoms with van der Waals surface area (Å²) in [5.74, 6) is -0.586. The van der Waals surface area contributed by atoms with E-state index in [2.05, 4.69) is 15.8 Å². The van der Waals surface area contributed by atoms with E-state index >= 15 is 0 Å². The van der Waals surface area contributed by atoms with Crippen LogP contribution in [0.25, 0.3) is 0 Å². The van der Waals surface area contributed by atoms with Gasteiger partial charge < -0.3 is 20.4 Å². The first-order valence-electron chi connectivity index (χ1n) is 12.7. The van der Waals surface area contributed by atoms with E-state index < -0.39 is 12.2 Å². The van der Waals surface area contributed by atoms with Crippen molar-refractivity contribution in [2.45, 2.75) is 19.2 Å². The van der Waals surface area contributed by atoms with Gasteiger partial charge in [-0.25, -0.2) is 10.2 Å². The normalized spacial score (nSPS) is 17.7. The zero-order chi connectivity index (χ0) is 28.0. The molecule has 10 nitrogen and oxygen atoms in total. The van der Waals surface area contributed by atoms with Gasteiger partial charge in [0, 0.05) is 28.6 Å². The Bertz CT molecular complexity index is 1670. The van der Waals surface area contributed by atoms with Crippen molar-refractivity contribution in [1.82, 2.24) is 10.4 Å². The number of carbonyl (C=O) groups excluding carboxylic acids is 2. The Morgan fingerprint density at radius 3 is 2.45 bits per heavy atom. The summed E-state index contributed by atoms with van der Waals surface area (Å²) in [7, 11) is 0. The Morgan fingerprint density at radius 1 is 0.975 bits per heavy atom. The lowest BCUT2D eigenvalue weighted by Crippen LogP contribution is -2.27. The Balaban J connectivity index is 0.000000145. The zero-order valence-electron chi connectivity index (χ0n) is 21.3. The molecule has 4 N–H and O–H groups in total. The lowest BCUT2D eigenvalue weighted by molar-refractivity contribution is 0.0697. The second-order valence-corrected chi connectivity index (χ2v) is 9.29. The molecule has 0 saturated heterocycles. The van der Waals surface area contributed by atoms with Crippen LogP contribution in [0.15, 0.2) is 79.0 Å². The van der Waals surface area contributed by atoms with Crippen molar-refractivity contribution in [3.05, 3.63) is 118 Å². The number of benzene rings is 3. The molecule has 1 aromatic heterocycles. The molecule has 2 aliphatic heterocycles. The summed E-state index contributed by atoms with van der Waals surface area (Å²) in [5, 5.41) is 19.5. The van der Waals surface area contributed by atoms with Crippen LogP contribution in [0.5, 0.6) is 5.75 Å². The van der Waals surface area contributed by atoms with Gasteiger partial charge in [0.15, 0.2) is 12.0 Å². The first-order chi connectivity index (χ1) is 19.4. The first kappa shape index (κ1) is 25.2. The molecule has 3 aromatic carbocycles. The standard InChI is InChI=1S/C15H10N2O3.C15H14N2O3/c18-14-8-4-2-1-3-7(8)12-11-9(14)5-6-10(15(19)20)13(11)17-16-12;1-2-20-11-7-5-10(6-8-11)17-14(18)12-4-3-9-16-13(12)15(17)19/h1-6,12,16-17H,(H,19,20);3-9,15,19H,2H2,1H3. The summed E-state index contributed by atoms with van der Waals surface area (Å²) in [6.45, 7) is 2.49. The number of hydrogen-bond donors (Lipinski definition) is 4. The van der Waals surface area contributed by atoms with Gasteiger partial charge in [-0.1, -0.05) is 24.3 Å². The van der Waals surface area contributed by atoms with Crippen molar-refractivity contribution in [3.63, 3.8) is 0 Å². The number of ketones is 1. The second-order valence-electron chi connectivity index (χ2n) is 9.29. The van der Waals surface area contributed by atoms with Crippen LogP contribution >= 0.6 is 0 Å². The summed E-state index contributed by atoms with van der Waals surface area (Å²) < 4.78 is 5.36. The number of pyridine rings is 1. The lowest BCUT2D eigenvalue weighted by Gasteiger charge is -2.23. The molecule has 40 heavy (non-hydrogen) atoms. The van der Waals surface area contributed by atoms with Gasteiger partial charge in [-0.15, -0.1) is 0 Å². The van der Waals surface area contributed by atoms with E-state index in [9.17, 15) is 24.6 Å². The fourth-order valence-electron chi connectivity index (χ4n) is 5.28. The minimum Gasteiger partial charge on any atom is -0.494 e. The van der Waals surface area contributed by atoms with E-state index in [0.717, 1.165) is 16.9 Å². The van der Waals surface area contributed by atoms with E-state index in [1.807, 2.05) is 25.1 Å². The van der Waals surface area contributed by atoms with Crippen LogP contribution in [-0.4, -0.2) is 39.5 Å². The average molecular weight is 537 g/mol. The SMILES string of the molecule is CCOc1ccc(N2C(=O)c3cccnc3C2O)cc1.O=C(O)c1ccc2c3c1NNC3c1ccccc1C2=O. The Hall–Kier alpha value is -5.06. The molecular weight excluding hydrogens is 512 g/mol. The van der Waals surface area contributed by atoms with Crippen LogP contribution in [0.2, 0.25) is 0 Å². The van der Waals surface area contributed by atoms with E-state index in [0.29, 0.717) is 40.4 Å². The van der Waals surface area contributed by atoms with Crippen LogP contribution < -0.4 is 20.5 Å². The number of carboxylic acids is 1. The van der Waals surface area contributed by atoms with Gasteiger partial charge in [-0.3, -0.25) is 19.5 Å². The smallest absolute Gasteiger partial charge is 0.337 e. The largest absolute Gasteiger partial charge is 0.494 e. The second kappa shape index (κ2) is 9.92. The van der Waals surface area contributed by atoms with E-state index in [1.54, 1.807) is 54.7 Å². The molecule has 0 fully saturated rings.